The molecular formula is C15H22NO3P. The second-order valence-electron chi connectivity index (χ2n) is 5.27. The maximum absolute atomic E-state index is 12.4. The number of hydrogen-bond acceptors (Lipinski definition) is 3. The van der Waals surface area contributed by atoms with E-state index in [9.17, 15) is 9.90 Å². The van der Waals surface area contributed by atoms with Gasteiger partial charge in [0.1, 0.15) is 5.75 Å². The van der Waals surface area contributed by atoms with E-state index in [1.807, 2.05) is 17.0 Å². The van der Waals surface area contributed by atoms with Gasteiger partial charge in [-0.05, 0) is 49.4 Å². The monoisotopic (exact) mass is 295 g/mol. The molecule has 1 aliphatic rings. The highest BCUT2D eigenvalue weighted by molar-refractivity contribution is 7.17. The normalized spacial score (nSPS) is 17.9. The molecule has 1 amide bonds. The third kappa shape index (κ3) is 3.94. The predicted octanol–water partition coefficient (Wildman–Crippen LogP) is 2.13. The SMILES string of the molecule is COc1ccc(C(=O)N2CCC(CC(O)P)CC2)cc1. The topological polar surface area (TPSA) is 49.8 Å². The third-order valence-electron chi connectivity index (χ3n) is 3.81. The first-order chi connectivity index (χ1) is 9.60. The smallest absolute Gasteiger partial charge is 0.253 e. The van der Waals surface area contributed by atoms with Gasteiger partial charge >= 0.3 is 0 Å². The summed E-state index contributed by atoms with van der Waals surface area (Å²) in [6.07, 6.45) is 2.73. The minimum atomic E-state index is -0.330. The number of carbonyl (C=O) groups is 1. The van der Waals surface area contributed by atoms with E-state index in [0.29, 0.717) is 11.5 Å². The van der Waals surface area contributed by atoms with Gasteiger partial charge in [0, 0.05) is 18.7 Å². The molecule has 110 valence electrons. The van der Waals surface area contributed by atoms with Crippen LogP contribution < -0.4 is 4.74 Å². The first-order valence-electron chi connectivity index (χ1n) is 6.97. The molecule has 1 N–H and O–H groups in total. The van der Waals surface area contributed by atoms with Gasteiger partial charge in [0.25, 0.3) is 5.91 Å². The Morgan fingerprint density at radius 3 is 2.50 bits per heavy atom. The Balaban J connectivity index is 1.90. The number of carbonyl (C=O) groups excluding carboxylic acids is 1. The lowest BCUT2D eigenvalue weighted by atomic mass is 9.93. The van der Waals surface area contributed by atoms with Crippen LogP contribution in [0.1, 0.15) is 29.6 Å². The maximum Gasteiger partial charge on any atom is 0.253 e. The summed E-state index contributed by atoms with van der Waals surface area (Å²) in [5, 5.41) is 9.38. The third-order valence-corrected chi connectivity index (χ3v) is 4.09. The largest absolute Gasteiger partial charge is 0.497 e. The fourth-order valence-electron chi connectivity index (χ4n) is 2.63. The van der Waals surface area contributed by atoms with Gasteiger partial charge in [-0.25, -0.2) is 0 Å². The van der Waals surface area contributed by atoms with Gasteiger partial charge in [0.05, 0.1) is 13.0 Å². The van der Waals surface area contributed by atoms with E-state index in [2.05, 4.69) is 9.24 Å². The molecule has 1 aliphatic heterocycles. The molecule has 2 unspecified atom stereocenters. The van der Waals surface area contributed by atoms with Crippen LogP contribution in [0, 0.1) is 5.92 Å². The van der Waals surface area contributed by atoms with Crippen LogP contribution in [0.3, 0.4) is 0 Å². The van der Waals surface area contributed by atoms with Crippen molar-refractivity contribution in [2.45, 2.75) is 25.1 Å². The van der Waals surface area contributed by atoms with Crippen molar-refractivity contribution in [3.8, 4) is 5.75 Å². The Bertz CT molecular complexity index is 439. The first-order valence-corrected chi connectivity index (χ1v) is 7.64. The molecule has 1 saturated heterocycles. The zero-order chi connectivity index (χ0) is 14.5. The molecule has 0 aliphatic carbocycles. The second kappa shape index (κ2) is 7.05. The Labute approximate surface area is 122 Å². The summed E-state index contributed by atoms with van der Waals surface area (Å²) in [4.78, 5) is 14.3. The van der Waals surface area contributed by atoms with Crippen molar-refractivity contribution in [3.63, 3.8) is 0 Å². The van der Waals surface area contributed by atoms with Crippen molar-refractivity contribution in [2.75, 3.05) is 20.2 Å². The molecule has 5 heteroatoms. The minimum absolute atomic E-state index is 0.0810. The van der Waals surface area contributed by atoms with Crippen LogP contribution in [-0.2, 0) is 0 Å². The number of rotatable bonds is 4. The van der Waals surface area contributed by atoms with Crippen LogP contribution in [0.2, 0.25) is 0 Å². The van der Waals surface area contributed by atoms with E-state index in [1.165, 1.54) is 0 Å². The zero-order valence-electron chi connectivity index (χ0n) is 11.8. The highest BCUT2D eigenvalue weighted by atomic mass is 31.0. The number of methoxy groups -OCH3 is 1. The van der Waals surface area contributed by atoms with Crippen LogP contribution in [0.15, 0.2) is 24.3 Å². The lowest BCUT2D eigenvalue weighted by Gasteiger charge is -2.32. The number of amides is 1. The van der Waals surface area contributed by atoms with Crippen LogP contribution >= 0.6 is 9.24 Å². The molecule has 4 nitrogen and oxygen atoms in total. The molecule has 0 saturated carbocycles. The van der Waals surface area contributed by atoms with E-state index in [0.717, 1.165) is 38.1 Å². The molecule has 0 radical (unpaired) electrons. The van der Waals surface area contributed by atoms with Gasteiger partial charge < -0.3 is 14.7 Å². The molecule has 2 rings (SSSR count). The maximum atomic E-state index is 12.4. The number of hydrogen-bond donors (Lipinski definition) is 1. The zero-order valence-corrected chi connectivity index (χ0v) is 12.9. The van der Waals surface area contributed by atoms with Gasteiger partial charge in [-0.1, -0.05) is 0 Å². The van der Waals surface area contributed by atoms with E-state index < -0.39 is 0 Å². The summed E-state index contributed by atoms with van der Waals surface area (Å²) >= 11 is 0. The average molecular weight is 295 g/mol. The first kappa shape index (κ1) is 15.3. The highest BCUT2D eigenvalue weighted by Crippen LogP contribution is 2.25. The molecule has 1 aromatic carbocycles. The predicted molar refractivity (Wildman–Crippen MR) is 82.0 cm³/mol. The Morgan fingerprint density at radius 1 is 1.40 bits per heavy atom. The lowest BCUT2D eigenvalue weighted by molar-refractivity contribution is 0.0673. The van der Waals surface area contributed by atoms with Crippen LogP contribution in [-0.4, -0.2) is 42.0 Å². The summed E-state index contributed by atoms with van der Waals surface area (Å²) in [7, 11) is 4.04. The van der Waals surface area contributed by atoms with Crippen LogP contribution in [0.4, 0.5) is 0 Å². The van der Waals surface area contributed by atoms with E-state index in [-0.39, 0.29) is 11.8 Å². The Hall–Kier alpha value is -1.12. The van der Waals surface area contributed by atoms with Crippen molar-refractivity contribution in [1.29, 1.82) is 0 Å². The van der Waals surface area contributed by atoms with Gasteiger partial charge in [-0.2, -0.15) is 0 Å². The molecule has 1 aromatic rings. The van der Waals surface area contributed by atoms with Crippen LogP contribution in [0.5, 0.6) is 5.75 Å². The summed E-state index contributed by atoms with van der Waals surface area (Å²) in [5.74, 6) is 1.03. The molecule has 0 bridgehead atoms. The number of nitrogens with zero attached hydrogens (tertiary/aromatic N) is 1. The number of likely N-dealkylation sites (tertiary alicyclic amines) is 1. The fourth-order valence-corrected chi connectivity index (χ4v) is 3.01. The summed E-state index contributed by atoms with van der Waals surface area (Å²) < 4.78 is 5.09. The molecule has 20 heavy (non-hydrogen) atoms. The van der Waals surface area contributed by atoms with E-state index in [4.69, 9.17) is 4.74 Å². The fraction of sp³-hybridized carbons (Fsp3) is 0.533. The number of piperidine rings is 1. The van der Waals surface area contributed by atoms with Gasteiger partial charge in [-0.15, -0.1) is 9.24 Å². The molecule has 0 aromatic heterocycles. The highest BCUT2D eigenvalue weighted by Gasteiger charge is 2.24. The van der Waals surface area contributed by atoms with Gasteiger partial charge in [0.15, 0.2) is 0 Å². The van der Waals surface area contributed by atoms with Crippen molar-refractivity contribution in [1.82, 2.24) is 4.90 Å². The quantitative estimate of drug-likeness (QED) is 0.866. The summed E-state index contributed by atoms with van der Waals surface area (Å²) in [5.41, 5.74) is 0.704. The van der Waals surface area contributed by atoms with E-state index >= 15 is 0 Å². The number of aliphatic hydroxyl groups excluding tert-OH is 1. The molecule has 0 spiro atoms. The standard InChI is InChI=1S/C15H22NO3P/c1-19-13-4-2-12(3-5-13)15(18)16-8-6-11(7-9-16)10-14(17)20/h2-5,11,14,17H,6-10,20H2,1H3. The average Bonchev–Trinajstić information content (AvgIpc) is 2.47. The van der Waals surface area contributed by atoms with E-state index in [1.54, 1.807) is 19.2 Å². The molecule has 1 fully saturated rings. The Kier molecular flexibility index (Phi) is 5.38. The van der Waals surface area contributed by atoms with Crippen molar-refractivity contribution in [2.24, 2.45) is 5.92 Å². The second-order valence-corrected chi connectivity index (χ2v) is 6.04. The van der Waals surface area contributed by atoms with Gasteiger partial charge in [-0.3, -0.25) is 4.79 Å². The summed E-state index contributed by atoms with van der Waals surface area (Å²) in [6, 6.07) is 7.23. The lowest BCUT2D eigenvalue weighted by Crippen LogP contribution is -2.38. The van der Waals surface area contributed by atoms with Crippen molar-refractivity contribution in [3.05, 3.63) is 29.8 Å². The number of benzene rings is 1. The molecular weight excluding hydrogens is 273 g/mol. The number of aliphatic hydroxyl groups is 1. The number of ether oxygens (including phenoxy) is 1. The van der Waals surface area contributed by atoms with Crippen molar-refractivity contribution >= 4 is 15.1 Å². The summed E-state index contributed by atoms with van der Waals surface area (Å²) in [6.45, 7) is 1.54. The van der Waals surface area contributed by atoms with Crippen molar-refractivity contribution < 1.29 is 14.6 Å². The van der Waals surface area contributed by atoms with Gasteiger partial charge in [0.2, 0.25) is 0 Å². The molecule has 1 heterocycles. The Morgan fingerprint density at radius 2 is 2.00 bits per heavy atom. The molecule has 2 atom stereocenters. The minimum Gasteiger partial charge on any atom is -0.497 e. The van der Waals surface area contributed by atoms with Crippen LogP contribution in [0.25, 0.3) is 0 Å².